The number of aromatic nitrogens is 2. The molecule has 0 spiro atoms. The Hall–Kier alpha value is -2.15. The van der Waals surface area contributed by atoms with Crippen LogP contribution in [-0.4, -0.2) is 78.7 Å². The number of pyridine rings is 1. The predicted molar refractivity (Wildman–Crippen MR) is 185 cm³/mol. The number of piperidine rings is 1. The van der Waals surface area contributed by atoms with Crippen LogP contribution in [0.25, 0.3) is 10.6 Å². The standard InChI is InChI=1S/C31H37Cl3N6O3S2/c1-2-43-30(42)19-8-10-39(11-9-19)27-23(33)16-20(18-35-27)28(41)37-31-36-25(24-17-22(32)26(34)44-24)29(45-31)40-14-12-38(13-15-40)21-6-4-3-5-7-21/h16-19,21H,2-15H2,1H3,(H,36,37,41). The number of thiazole rings is 1. The molecule has 1 aliphatic carbocycles. The second-order valence-electron chi connectivity index (χ2n) is 11.7. The van der Waals surface area contributed by atoms with Crippen LogP contribution in [0, 0.1) is 5.92 Å². The highest BCUT2D eigenvalue weighted by Gasteiger charge is 2.30. The lowest BCUT2D eigenvalue weighted by atomic mass is 9.94. The summed E-state index contributed by atoms with van der Waals surface area (Å²) in [7, 11) is 0. The largest absolute Gasteiger partial charge is 0.466 e. The number of hydrogen-bond acceptors (Lipinski definition) is 10. The Morgan fingerprint density at radius 3 is 2.31 bits per heavy atom. The van der Waals surface area contributed by atoms with Gasteiger partial charge in [-0.05, 0) is 44.7 Å². The van der Waals surface area contributed by atoms with E-state index in [1.807, 2.05) is 17.9 Å². The van der Waals surface area contributed by atoms with Gasteiger partial charge in [-0.25, -0.2) is 9.97 Å². The van der Waals surface area contributed by atoms with E-state index < -0.39 is 0 Å². The molecular formula is C31H37Cl3N6O3S2. The Bertz CT molecular complexity index is 1490. The Balaban J connectivity index is 1.15. The zero-order valence-electron chi connectivity index (χ0n) is 25.2. The summed E-state index contributed by atoms with van der Waals surface area (Å²) in [4.78, 5) is 42.8. The highest BCUT2D eigenvalue weighted by molar-refractivity contribution is 7.22. The number of hydrogen-bond donors (Lipinski definition) is 1. The summed E-state index contributed by atoms with van der Waals surface area (Å²) in [5.74, 6) is 0.00477. The van der Waals surface area contributed by atoms with Crippen molar-refractivity contribution < 1.29 is 14.3 Å². The van der Waals surface area contributed by atoms with Crippen molar-refractivity contribution in [2.75, 3.05) is 61.0 Å². The van der Waals surface area contributed by atoms with Gasteiger partial charge in [0.1, 0.15) is 20.8 Å². The first kappa shape index (κ1) is 32.8. The van der Waals surface area contributed by atoms with E-state index in [-0.39, 0.29) is 17.8 Å². The molecule has 1 saturated carbocycles. The van der Waals surface area contributed by atoms with Crippen LogP contribution in [0.1, 0.15) is 62.2 Å². The zero-order valence-corrected chi connectivity index (χ0v) is 29.1. The number of halogens is 3. The van der Waals surface area contributed by atoms with Crippen molar-refractivity contribution in [3.05, 3.63) is 38.3 Å². The highest BCUT2D eigenvalue weighted by Crippen LogP contribution is 2.45. The second-order valence-corrected chi connectivity index (χ2v) is 15.2. The van der Waals surface area contributed by atoms with Crippen LogP contribution in [0.15, 0.2) is 18.3 Å². The lowest BCUT2D eigenvalue weighted by Gasteiger charge is -2.41. The first-order valence-electron chi connectivity index (χ1n) is 15.6. The van der Waals surface area contributed by atoms with Crippen molar-refractivity contribution in [3.63, 3.8) is 0 Å². The number of carbonyl (C=O) groups is 2. The molecule has 2 aliphatic heterocycles. The van der Waals surface area contributed by atoms with Gasteiger partial charge in [0.15, 0.2) is 5.13 Å². The Morgan fingerprint density at radius 2 is 1.67 bits per heavy atom. The van der Waals surface area contributed by atoms with Crippen molar-refractivity contribution in [3.8, 4) is 10.6 Å². The molecule has 6 rings (SSSR count). The fraction of sp³-hybridized carbons (Fsp3) is 0.548. The van der Waals surface area contributed by atoms with E-state index in [0.29, 0.717) is 69.5 Å². The van der Waals surface area contributed by atoms with Gasteiger partial charge in [0, 0.05) is 51.5 Å². The number of anilines is 3. The normalized spacial score (nSPS) is 18.8. The average molecular weight is 712 g/mol. The number of ether oxygens (including phenoxy) is 1. The highest BCUT2D eigenvalue weighted by atomic mass is 35.5. The zero-order chi connectivity index (χ0) is 31.5. The topological polar surface area (TPSA) is 90.9 Å². The fourth-order valence-electron chi connectivity index (χ4n) is 6.48. The SMILES string of the molecule is CCOC(=O)C1CCN(c2ncc(C(=O)Nc3nc(-c4cc(Cl)c(Cl)s4)c(N4CCN(C5CCCCC5)CC4)s3)cc2Cl)CC1. The number of piperazine rings is 1. The van der Waals surface area contributed by atoms with Crippen molar-refractivity contribution in [2.24, 2.45) is 5.92 Å². The van der Waals surface area contributed by atoms with Gasteiger partial charge in [-0.15, -0.1) is 11.3 Å². The minimum atomic E-state index is -0.340. The van der Waals surface area contributed by atoms with Gasteiger partial charge in [-0.1, -0.05) is 65.4 Å². The number of thiophene rings is 1. The number of rotatable bonds is 8. The Labute approximate surface area is 286 Å². The molecule has 1 N–H and O–H groups in total. The lowest BCUT2D eigenvalue weighted by molar-refractivity contribution is -0.148. The maximum atomic E-state index is 13.4. The van der Waals surface area contributed by atoms with Crippen molar-refractivity contribution in [1.29, 1.82) is 0 Å². The monoisotopic (exact) mass is 710 g/mol. The molecule has 14 heteroatoms. The van der Waals surface area contributed by atoms with Crippen LogP contribution in [0.3, 0.4) is 0 Å². The first-order chi connectivity index (χ1) is 21.8. The molecule has 3 aliphatic rings. The van der Waals surface area contributed by atoms with Gasteiger partial charge in [0.25, 0.3) is 5.91 Å². The van der Waals surface area contributed by atoms with Gasteiger partial charge in [-0.3, -0.25) is 19.8 Å². The van der Waals surface area contributed by atoms with Gasteiger partial charge in [-0.2, -0.15) is 0 Å². The van der Waals surface area contributed by atoms with Crippen LogP contribution in [0.2, 0.25) is 14.4 Å². The van der Waals surface area contributed by atoms with Crippen LogP contribution >= 0.6 is 57.5 Å². The summed E-state index contributed by atoms with van der Waals surface area (Å²) in [5.41, 5.74) is 1.12. The van der Waals surface area contributed by atoms with E-state index in [9.17, 15) is 9.59 Å². The van der Waals surface area contributed by atoms with Crippen molar-refractivity contribution in [1.82, 2.24) is 14.9 Å². The molecule has 0 atom stereocenters. The molecule has 5 heterocycles. The third-order valence-corrected chi connectivity index (χ3v) is 12.1. The van der Waals surface area contributed by atoms with Crippen LogP contribution in [0.4, 0.5) is 16.0 Å². The van der Waals surface area contributed by atoms with Gasteiger partial charge in [0.2, 0.25) is 0 Å². The molecule has 242 valence electrons. The number of carbonyl (C=O) groups excluding carboxylic acids is 2. The van der Waals surface area contributed by atoms with Crippen molar-refractivity contribution >= 4 is 85.3 Å². The molecule has 9 nitrogen and oxygen atoms in total. The van der Waals surface area contributed by atoms with Gasteiger partial charge in [0.05, 0.1) is 33.0 Å². The van der Waals surface area contributed by atoms with Gasteiger partial charge >= 0.3 is 5.97 Å². The summed E-state index contributed by atoms with van der Waals surface area (Å²) in [6.07, 6.45) is 9.47. The van der Waals surface area contributed by atoms with E-state index in [1.165, 1.54) is 61.0 Å². The van der Waals surface area contributed by atoms with E-state index in [4.69, 9.17) is 44.5 Å². The molecule has 45 heavy (non-hydrogen) atoms. The smallest absolute Gasteiger partial charge is 0.309 e. The van der Waals surface area contributed by atoms with E-state index in [1.54, 1.807) is 6.07 Å². The third kappa shape index (κ3) is 7.55. The maximum Gasteiger partial charge on any atom is 0.309 e. The van der Waals surface area contributed by atoms with E-state index in [2.05, 4.69) is 20.1 Å². The molecule has 3 aromatic heterocycles. The Morgan fingerprint density at radius 1 is 0.933 bits per heavy atom. The Kier molecular flexibility index (Phi) is 10.7. The minimum Gasteiger partial charge on any atom is -0.466 e. The quantitative estimate of drug-likeness (QED) is 0.238. The van der Waals surface area contributed by atoms with Crippen LogP contribution in [-0.2, 0) is 9.53 Å². The van der Waals surface area contributed by atoms with E-state index >= 15 is 0 Å². The van der Waals surface area contributed by atoms with Crippen LogP contribution in [0.5, 0.6) is 0 Å². The van der Waals surface area contributed by atoms with Crippen molar-refractivity contribution in [2.45, 2.75) is 57.9 Å². The summed E-state index contributed by atoms with van der Waals surface area (Å²) in [5, 5.41) is 5.34. The fourth-order valence-corrected chi connectivity index (χ4v) is 9.22. The summed E-state index contributed by atoms with van der Waals surface area (Å²) < 4.78 is 5.69. The summed E-state index contributed by atoms with van der Waals surface area (Å²) >= 11 is 22.1. The molecule has 3 aromatic rings. The molecule has 3 fully saturated rings. The first-order valence-corrected chi connectivity index (χ1v) is 18.4. The molecular weight excluding hydrogens is 675 g/mol. The number of nitrogens with one attached hydrogen (secondary N) is 1. The number of esters is 1. The summed E-state index contributed by atoms with van der Waals surface area (Å²) in [6.45, 7) is 7.27. The third-order valence-electron chi connectivity index (χ3n) is 8.90. The molecule has 1 amide bonds. The number of nitrogens with zero attached hydrogens (tertiary/aromatic N) is 5. The average Bonchev–Trinajstić information content (AvgIpc) is 3.63. The second kappa shape index (κ2) is 14.7. The minimum absolute atomic E-state index is 0.111. The molecule has 2 saturated heterocycles. The van der Waals surface area contributed by atoms with E-state index in [0.717, 1.165) is 41.8 Å². The number of amides is 1. The summed E-state index contributed by atoms with van der Waals surface area (Å²) in [6, 6.07) is 4.17. The molecule has 0 radical (unpaired) electrons. The predicted octanol–water partition coefficient (Wildman–Crippen LogP) is 7.71. The molecule has 0 bridgehead atoms. The van der Waals surface area contributed by atoms with Gasteiger partial charge < -0.3 is 14.5 Å². The lowest BCUT2D eigenvalue weighted by Crippen LogP contribution is -2.50. The molecule has 0 aromatic carbocycles. The maximum absolute atomic E-state index is 13.4. The van der Waals surface area contributed by atoms with Crippen LogP contribution < -0.4 is 15.1 Å². The molecule has 0 unspecified atom stereocenters.